The Balaban J connectivity index is 2.23. The Morgan fingerprint density at radius 3 is 2.67 bits per heavy atom. The van der Waals surface area contributed by atoms with Crippen molar-refractivity contribution in [1.29, 1.82) is 5.41 Å². The molecule has 0 unspecified atom stereocenters. The molecule has 2 rings (SSSR count). The maximum absolute atomic E-state index is 12.1. The quantitative estimate of drug-likeness (QED) is 0.505. The van der Waals surface area contributed by atoms with E-state index >= 15 is 0 Å². The van der Waals surface area contributed by atoms with Gasteiger partial charge in [-0.2, -0.15) is 13.2 Å². The molecule has 0 amide bonds. The van der Waals surface area contributed by atoms with Crippen LogP contribution in [-0.4, -0.2) is 23.6 Å². The molecule has 0 saturated carbocycles. The first-order valence-corrected chi connectivity index (χ1v) is 6.30. The van der Waals surface area contributed by atoms with E-state index in [4.69, 9.17) is 15.9 Å². The lowest BCUT2D eigenvalue weighted by atomic mass is 10.1. The number of alkyl halides is 3. The highest BCUT2D eigenvalue weighted by atomic mass is 19.4. The normalized spacial score (nSPS) is 11.6. The third-order valence-corrected chi connectivity index (χ3v) is 2.87. The first kappa shape index (κ1) is 15.1. The van der Waals surface area contributed by atoms with Gasteiger partial charge < -0.3 is 10.5 Å². The lowest BCUT2D eigenvalue weighted by molar-refractivity contribution is -0.136. The monoisotopic (exact) mass is 297 g/mol. The highest BCUT2D eigenvalue weighted by molar-refractivity contribution is 6.02. The largest absolute Gasteiger partial charge is 0.492 e. The molecule has 1 aromatic carbocycles. The molecular weight excluding hydrogens is 283 g/mol. The van der Waals surface area contributed by atoms with Crippen molar-refractivity contribution in [3.05, 3.63) is 36.0 Å². The summed E-state index contributed by atoms with van der Waals surface area (Å²) in [5, 5.41) is 8.13. The summed E-state index contributed by atoms with van der Waals surface area (Å²) in [4.78, 5) is 4.15. The first-order valence-electron chi connectivity index (χ1n) is 6.30. The van der Waals surface area contributed by atoms with Crippen LogP contribution >= 0.6 is 0 Å². The van der Waals surface area contributed by atoms with E-state index in [9.17, 15) is 13.2 Å². The van der Waals surface area contributed by atoms with Crippen LogP contribution in [0.1, 0.15) is 18.4 Å². The molecule has 1 heterocycles. The summed E-state index contributed by atoms with van der Waals surface area (Å²) in [7, 11) is 0. The molecule has 4 nitrogen and oxygen atoms in total. The Hall–Kier alpha value is -2.31. The topological polar surface area (TPSA) is 72.0 Å². The maximum Gasteiger partial charge on any atom is 0.389 e. The second kappa shape index (κ2) is 5.99. The number of aromatic nitrogens is 1. The van der Waals surface area contributed by atoms with Crippen molar-refractivity contribution in [1.82, 2.24) is 4.98 Å². The molecule has 0 saturated heterocycles. The fraction of sp³-hybridized carbons (Fsp3) is 0.286. The third kappa shape index (κ3) is 3.84. The number of pyridine rings is 1. The second-order valence-electron chi connectivity index (χ2n) is 4.50. The van der Waals surface area contributed by atoms with E-state index in [1.54, 1.807) is 24.3 Å². The van der Waals surface area contributed by atoms with Crippen LogP contribution in [0.5, 0.6) is 5.75 Å². The minimum atomic E-state index is -4.20. The Morgan fingerprint density at radius 1 is 1.29 bits per heavy atom. The number of nitrogen functional groups attached to an aromatic ring is 1. The van der Waals surface area contributed by atoms with Crippen LogP contribution in [-0.2, 0) is 0 Å². The summed E-state index contributed by atoms with van der Waals surface area (Å²) in [5.74, 6) is 0.0642. The molecule has 2 aromatic rings. The smallest absolute Gasteiger partial charge is 0.389 e. The molecule has 112 valence electrons. The van der Waals surface area contributed by atoms with Gasteiger partial charge >= 0.3 is 6.18 Å². The van der Waals surface area contributed by atoms with E-state index in [0.717, 1.165) is 0 Å². The molecule has 0 aliphatic heterocycles. The number of ether oxygens (including phenoxy) is 1. The van der Waals surface area contributed by atoms with E-state index in [0.29, 0.717) is 16.7 Å². The van der Waals surface area contributed by atoms with Gasteiger partial charge in [-0.25, -0.2) is 0 Å². The van der Waals surface area contributed by atoms with Crippen LogP contribution in [0.3, 0.4) is 0 Å². The number of rotatable bonds is 5. The summed E-state index contributed by atoms with van der Waals surface area (Å²) in [6, 6.07) is 7.03. The molecule has 7 heteroatoms. The SMILES string of the molecule is N=C(N)c1cnc2ccccc2c1OCCCC(F)(F)F. The molecule has 0 spiro atoms. The van der Waals surface area contributed by atoms with Gasteiger partial charge in [0.05, 0.1) is 17.7 Å². The van der Waals surface area contributed by atoms with Gasteiger partial charge in [0, 0.05) is 18.0 Å². The maximum atomic E-state index is 12.1. The Morgan fingerprint density at radius 2 is 2.00 bits per heavy atom. The van der Waals surface area contributed by atoms with Gasteiger partial charge in [-0.05, 0) is 18.6 Å². The van der Waals surface area contributed by atoms with Crippen LogP contribution in [0.4, 0.5) is 13.2 Å². The Bertz CT molecular complexity index is 655. The van der Waals surface area contributed by atoms with E-state index in [1.807, 2.05) is 0 Å². The molecule has 0 atom stereocenters. The molecule has 0 aliphatic carbocycles. The van der Waals surface area contributed by atoms with E-state index in [-0.39, 0.29) is 24.4 Å². The van der Waals surface area contributed by atoms with Crippen LogP contribution < -0.4 is 10.5 Å². The molecule has 21 heavy (non-hydrogen) atoms. The molecule has 0 radical (unpaired) electrons. The zero-order chi connectivity index (χ0) is 15.5. The molecule has 3 N–H and O–H groups in total. The van der Waals surface area contributed by atoms with Crippen LogP contribution in [0.2, 0.25) is 0 Å². The number of fused-ring (bicyclic) bond motifs is 1. The summed E-state index contributed by atoms with van der Waals surface area (Å²) < 4.78 is 41.8. The summed E-state index contributed by atoms with van der Waals surface area (Å²) in [6.45, 7) is -0.103. The number of hydrogen-bond donors (Lipinski definition) is 2. The average molecular weight is 297 g/mol. The number of amidine groups is 1. The number of benzene rings is 1. The molecular formula is C14H14F3N3O. The standard InChI is InChI=1S/C14H14F3N3O/c15-14(16,17)6-3-7-21-12-9-4-1-2-5-11(9)20-8-10(12)13(18)19/h1-2,4-5,8H,3,6-7H2,(H3,18,19). The predicted octanol–water partition coefficient (Wildman–Crippen LogP) is 3.24. The van der Waals surface area contributed by atoms with Crippen molar-refractivity contribution in [2.24, 2.45) is 5.73 Å². The van der Waals surface area contributed by atoms with Gasteiger partial charge in [0.1, 0.15) is 11.6 Å². The number of para-hydroxylation sites is 1. The summed E-state index contributed by atoms with van der Waals surface area (Å²) >= 11 is 0. The number of hydrogen-bond acceptors (Lipinski definition) is 3. The highest BCUT2D eigenvalue weighted by Gasteiger charge is 2.26. The van der Waals surface area contributed by atoms with Crippen LogP contribution in [0, 0.1) is 5.41 Å². The van der Waals surface area contributed by atoms with Crippen molar-refractivity contribution in [2.45, 2.75) is 19.0 Å². The minimum Gasteiger partial charge on any atom is -0.492 e. The van der Waals surface area contributed by atoms with Gasteiger partial charge in [0.2, 0.25) is 0 Å². The van der Waals surface area contributed by atoms with Crippen molar-refractivity contribution in [3.63, 3.8) is 0 Å². The lowest BCUT2D eigenvalue weighted by Crippen LogP contribution is -2.15. The van der Waals surface area contributed by atoms with Gasteiger partial charge in [-0.3, -0.25) is 10.4 Å². The molecule has 0 bridgehead atoms. The number of nitrogens with one attached hydrogen (secondary N) is 1. The van der Waals surface area contributed by atoms with Gasteiger partial charge in [-0.15, -0.1) is 0 Å². The first-order chi connectivity index (χ1) is 9.88. The van der Waals surface area contributed by atoms with Crippen molar-refractivity contribution >= 4 is 16.7 Å². The Labute approximate surface area is 119 Å². The second-order valence-corrected chi connectivity index (χ2v) is 4.50. The molecule has 1 aromatic heterocycles. The minimum absolute atomic E-state index is 0.103. The lowest BCUT2D eigenvalue weighted by Gasteiger charge is -2.13. The number of nitrogens with zero attached hydrogens (tertiary/aromatic N) is 1. The van der Waals surface area contributed by atoms with Crippen molar-refractivity contribution in [3.8, 4) is 5.75 Å². The zero-order valence-corrected chi connectivity index (χ0v) is 11.1. The fourth-order valence-corrected chi connectivity index (χ4v) is 1.91. The van der Waals surface area contributed by atoms with Gasteiger partial charge in [0.15, 0.2) is 0 Å². The van der Waals surface area contributed by atoms with E-state index < -0.39 is 12.6 Å². The fourth-order valence-electron chi connectivity index (χ4n) is 1.91. The molecule has 0 fully saturated rings. The number of halogens is 3. The van der Waals surface area contributed by atoms with Crippen molar-refractivity contribution < 1.29 is 17.9 Å². The summed E-state index contributed by atoms with van der Waals surface area (Å²) in [5.41, 5.74) is 6.37. The summed E-state index contributed by atoms with van der Waals surface area (Å²) in [6.07, 6.45) is -3.88. The molecule has 0 aliphatic rings. The third-order valence-electron chi connectivity index (χ3n) is 2.87. The van der Waals surface area contributed by atoms with Gasteiger partial charge in [0.25, 0.3) is 0 Å². The Kier molecular flexibility index (Phi) is 4.30. The highest BCUT2D eigenvalue weighted by Crippen LogP contribution is 2.29. The average Bonchev–Trinajstić information content (AvgIpc) is 2.42. The van der Waals surface area contributed by atoms with Crippen LogP contribution in [0.15, 0.2) is 30.5 Å². The van der Waals surface area contributed by atoms with E-state index in [2.05, 4.69) is 4.98 Å². The zero-order valence-electron chi connectivity index (χ0n) is 11.1. The number of nitrogens with two attached hydrogens (primary N) is 1. The van der Waals surface area contributed by atoms with E-state index in [1.165, 1.54) is 6.20 Å². The van der Waals surface area contributed by atoms with Crippen LogP contribution in [0.25, 0.3) is 10.9 Å². The predicted molar refractivity (Wildman–Crippen MR) is 73.5 cm³/mol. The van der Waals surface area contributed by atoms with Gasteiger partial charge in [-0.1, -0.05) is 12.1 Å². The van der Waals surface area contributed by atoms with Crippen molar-refractivity contribution in [2.75, 3.05) is 6.61 Å².